The van der Waals surface area contributed by atoms with E-state index in [0.29, 0.717) is 12.8 Å². The molecule has 140 valence electrons. The lowest BCUT2D eigenvalue weighted by Crippen LogP contribution is -2.46. The molecule has 9 heteroatoms. The van der Waals surface area contributed by atoms with Crippen LogP contribution in [0.4, 0.5) is 4.79 Å². The Hall–Kier alpha value is -3.10. The zero-order valence-electron chi connectivity index (χ0n) is 14.7. The van der Waals surface area contributed by atoms with Crippen LogP contribution in [0.1, 0.15) is 18.9 Å². The number of amides is 5. The number of hydrogen-bond donors (Lipinski definition) is 3. The van der Waals surface area contributed by atoms with E-state index in [-0.39, 0.29) is 6.54 Å². The van der Waals surface area contributed by atoms with Crippen LogP contribution in [-0.2, 0) is 20.8 Å². The third-order valence-electron chi connectivity index (χ3n) is 4.18. The average molecular weight is 362 g/mol. The molecule has 1 heterocycles. The SMILES string of the molecule is COc1ccc(CC[C@@]2(C)NC(=O)N(CC(=O)NCC(N)=O)C2=O)cc1. The summed E-state index contributed by atoms with van der Waals surface area (Å²) in [5, 5.41) is 4.88. The normalized spacial score (nSPS) is 19.2. The first-order chi connectivity index (χ1) is 12.2. The number of urea groups is 1. The quantitative estimate of drug-likeness (QED) is 0.539. The predicted octanol–water partition coefficient (Wildman–Crippen LogP) is -0.460. The first-order valence-electron chi connectivity index (χ1n) is 8.07. The summed E-state index contributed by atoms with van der Waals surface area (Å²) in [4.78, 5) is 47.9. The van der Waals surface area contributed by atoms with Gasteiger partial charge >= 0.3 is 6.03 Å². The number of ether oxygens (including phenoxy) is 1. The van der Waals surface area contributed by atoms with E-state index >= 15 is 0 Å². The fraction of sp³-hybridized carbons (Fsp3) is 0.412. The molecule has 1 fully saturated rings. The van der Waals surface area contributed by atoms with Gasteiger partial charge in [-0.15, -0.1) is 0 Å². The maximum atomic E-state index is 12.6. The topological polar surface area (TPSA) is 131 Å². The van der Waals surface area contributed by atoms with Crippen molar-refractivity contribution in [3.05, 3.63) is 29.8 Å². The Labute approximate surface area is 150 Å². The standard InChI is InChI=1S/C17H22N4O5/c1-17(8-7-11-3-5-12(26-2)6-4-11)15(24)21(16(25)20-17)10-14(23)19-9-13(18)22/h3-6H,7-10H2,1-2H3,(H2,18,22)(H,19,23)(H,20,25)/t17-/m1/s1. The van der Waals surface area contributed by atoms with Gasteiger partial charge in [0.05, 0.1) is 13.7 Å². The molecule has 0 saturated carbocycles. The second kappa shape index (κ2) is 7.85. The van der Waals surface area contributed by atoms with Gasteiger partial charge in [-0.25, -0.2) is 4.79 Å². The van der Waals surface area contributed by atoms with Gasteiger partial charge in [0.2, 0.25) is 11.8 Å². The van der Waals surface area contributed by atoms with Crippen LogP contribution in [0, 0.1) is 0 Å². The van der Waals surface area contributed by atoms with Crippen molar-refractivity contribution in [1.29, 1.82) is 0 Å². The largest absolute Gasteiger partial charge is 0.497 e. The van der Waals surface area contributed by atoms with E-state index in [4.69, 9.17) is 10.5 Å². The lowest BCUT2D eigenvalue weighted by molar-refractivity contribution is -0.134. The van der Waals surface area contributed by atoms with Crippen molar-refractivity contribution in [3.63, 3.8) is 0 Å². The molecule has 1 aromatic rings. The van der Waals surface area contributed by atoms with Crippen LogP contribution in [-0.4, -0.2) is 54.4 Å². The van der Waals surface area contributed by atoms with Crippen molar-refractivity contribution in [2.75, 3.05) is 20.2 Å². The Bertz CT molecular complexity index is 718. The molecule has 0 unspecified atom stereocenters. The minimum atomic E-state index is -1.10. The van der Waals surface area contributed by atoms with E-state index < -0.39 is 35.8 Å². The number of carbonyl (C=O) groups is 4. The molecule has 0 spiro atoms. The minimum Gasteiger partial charge on any atom is -0.497 e. The van der Waals surface area contributed by atoms with Gasteiger partial charge in [0, 0.05) is 0 Å². The average Bonchev–Trinajstić information content (AvgIpc) is 2.82. The number of nitrogens with one attached hydrogen (secondary N) is 2. The van der Waals surface area contributed by atoms with E-state index in [0.717, 1.165) is 16.2 Å². The highest BCUT2D eigenvalue weighted by molar-refractivity contribution is 6.08. The van der Waals surface area contributed by atoms with E-state index in [9.17, 15) is 19.2 Å². The van der Waals surface area contributed by atoms with E-state index in [1.165, 1.54) is 0 Å². The van der Waals surface area contributed by atoms with Crippen molar-refractivity contribution in [2.45, 2.75) is 25.3 Å². The number of primary amides is 1. The maximum Gasteiger partial charge on any atom is 0.325 e. The molecule has 2 rings (SSSR count). The van der Waals surface area contributed by atoms with Gasteiger partial charge in [-0.05, 0) is 37.5 Å². The molecule has 1 aliphatic rings. The summed E-state index contributed by atoms with van der Waals surface area (Å²) < 4.78 is 5.10. The van der Waals surface area contributed by atoms with Gasteiger partial charge in [0.1, 0.15) is 17.8 Å². The van der Waals surface area contributed by atoms with Crippen LogP contribution < -0.4 is 21.1 Å². The second-order valence-electron chi connectivity index (χ2n) is 6.24. The van der Waals surface area contributed by atoms with E-state index in [1.807, 2.05) is 24.3 Å². The Morgan fingerprint density at radius 2 is 1.92 bits per heavy atom. The van der Waals surface area contributed by atoms with Gasteiger partial charge in [-0.2, -0.15) is 0 Å². The lowest BCUT2D eigenvalue weighted by atomic mass is 9.93. The highest BCUT2D eigenvalue weighted by Gasteiger charge is 2.47. The number of aryl methyl sites for hydroxylation is 1. The van der Waals surface area contributed by atoms with Crippen molar-refractivity contribution in [1.82, 2.24) is 15.5 Å². The molecular weight excluding hydrogens is 340 g/mol. The van der Waals surface area contributed by atoms with Crippen LogP contribution >= 0.6 is 0 Å². The number of rotatable bonds is 8. The smallest absolute Gasteiger partial charge is 0.325 e. The predicted molar refractivity (Wildman–Crippen MR) is 92.2 cm³/mol. The van der Waals surface area contributed by atoms with Crippen molar-refractivity contribution >= 4 is 23.8 Å². The Morgan fingerprint density at radius 3 is 2.50 bits per heavy atom. The van der Waals surface area contributed by atoms with Crippen LogP contribution in [0.3, 0.4) is 0 Å². The third-order valence-corrected chi connectivity index (χ3v) is 4.18. The van der Waals surface area contributed by atoms with Gasteiger partial charge in [0.25, 0.3) is 5.91 Å². The summed E-state index contributed by atoms with van der Waals surface area (Å²) in [5.74, 6) is -1.09. The number of nitrogens with two attached hydrogens (primary N) is 1. The van der Waals surface area contributed by atoms with Crippen LogP contribution in [0.5, 0.6) is 5.75 Å². The van der Waals surface area contributed by atoms with Gasteiger partial charge < -0.3 is 21.1 Å². The van der Waals surface area contributed by atoms with E-state index in [2.05, 4.69) is 10.6 Å². The number of nitrogens with zero attached hydrogens (tertiary/aromatic N) is 1. The number of imide groups is 1. The molecule has 5 amide bonds. The second-order valence-corrected chi connectivity index (χ2v) is 6.24. The molecule has 1 aliphatic heterocycles. The fourth-order valence-corrected chi connectivity index (χ4v) is 2.63. The summed E-state index contributed by atoms with van der Waals surface area (Å²) in [6, 6.07) is 6.78. The molecule has 0 aromatic heterocycles. The number of carbonyl (C=O) groups excluding carboxylic acids is 4. The summed E-state index contributed by atoms with van der Waals surface area (Å²) >= 11 is 0. The summed E-state index contributed by atoms with van der Waals surface area (Å²) in [5.41, 5.74) is 4.83. The third kappa shape index (κ3) is 4.50. The zero-order valence-corrected chi connectivity index (χ0v) is 14.7. The van der Waals surface area contributed by atoms with Crippen molar-refractivity contribution in [2.24, 2.45) is 5.73 Å². The number of methoxy groups -OCH3 is 1. The van der Waals surface area contributed by atoms with Gasteiger partial charge in [-0.1, -0.05) is 12.1 Å². The molecule has 1 saturated heterocycles. The molecule has 1 atom stereocenters. The Morgan fingerprint density at radius 1 is 1.27 bits per heavy atom. The molecule has 9 nitrogen and oxygen atoms in total. The molecule has 1 aromatic carbocycles. The highest BCUT2D eigenvalue weighted by atomic mass is 16.5. The molecule has 0 radical (unpaired) electrons. The highest BCUT2D eigenvalue weighted by Crippen LogP contribution is 2.23. The van der Waals surface area contributed by atoms with Gasteiger partial charge in [0.15, 0.2) is 0 Å². The van der Waals surface area contributed by atoms with Crippen LogP contribution in [0.25, 0.3) is 0 Å². The van der Waals surface area contributed by atoms with Crippen LogP contribution in [0.2, 0.25) is 0 Å². The lowest BCUT2D eigenvalue weighted by Gasteiger charge is -2.21. The van der Waals surface area contributed by atoms with Crippen molar-refractivity contribution < 1.29 is 23.9 Å². The molecule has 4 N–H and O–H groups in total. The maximum absolute atomic E-state index is 12.6. The molecule has 26 heavy (non-hydrogen) atoms. The molecule has 0 aliphatic carbocycles. The number of hydrogen-bond acceptors (Lipinski definition) is 5. The van der Waals surface area contributed by atoms with Crippen LogP contribution in [0.15, 0.2) is 24.3 Å². The summed E-state index contributed by atoms with van der Waals surface area (Å²) in [7, 11) is 1.58. The van der Waals surface area contributed by atoms with Crippen molar-refractivity contribution in [3.8, 4) is 5.75 Å². The molecular formula is C17H22N4O5. The monoisotopic (exact) mass is 362 g/mol. The fourth-order valence-electron chi connectivity index (χ4n) is 2.63. The minimum absolute atomic E-state index is 0.350. The summed E-state index contributed by atoms with van der Waals surface area (Å²) in [6.07, 6.45) is 0.942. The first-order valence-corrected chi connectivity index (χ1v) is 8.07. The van der Waals surface area contributed by atoms with E-state index in [1.54, 1.807) is 14.0 Å². The zero-order chi connectivity index (χ0) is 19.3. The summed E-state index contributed by atoms with van der Waals surface area (Å²) in [6.45, 7) is 0.811. The Balaban J connectivity index is 1.96. The molecule has 0 bridgehead atoms. The van der Waals surface area contributed by atoms with Gasteiger partial charge in [-0.3, -0.25) is 19.3 Å². The Kier molecular flexibility index (Phi) is 5.81. The first kappa shape index (κ1) is 19.2. The number of benzene rings is 1.